The molecule has 0 radical (unpaired) electrons. The Morgan fingerprint density at radius 3 is 2.37 bits per heavy atom. The summed E-state index contributed by atoms with van der Waals surface area (Å²) in [5.41, 5.74) is 3.37. The summed E-state index contributed by atoms with van der Waals surface area (Å²) < 4.78 is 52.2. The average molecular weight is 389 g/mol. The molecule has 0 unspecified atom stereocenters. The number of benzene rings is 1. The Labute approximate surface area is 155 Å². The smallest absolute Gasteiger partial charge is 0.337 e. The molecule has 27 heavy (non-hydrogen) atoms. The van der Waals surface area contributed by atoms with Gasteiger partial charge in [-0.05, 0) is 38.5 Å². The number of alkyl halides is 3. The van der Waals surface area contributed by atoms with Gasteiger partial charge in [0.05, 0.1) is 22.7 Å². The van der Waals surface area contributed by atoms with Crippen LogP contribution in [0.4, 0.5) is 17.6 Å². The fraction of sp³-hybridized carbons (Fsp3) is 0.556. The van der Waals surface area contributed by atoms with Crippen LogP contribution in [-0.2, 0) is 11.0 Å². The van der Waals surface area contributed by atoms with Crippen molar-refractivity contribution in [2.45, 2.75) is 44.9 Å². The van der Waals surface area contributed by atoms with Gasteiger partial charge in [-0.3, -0.25) is 9.59 Å². The van der Waals surface area contributed by atoms with Gasteiger partial charge in [0.15, 0.2) is 0 Å². The highest BCUT2D eigenvalue weighted by Gasteiger charge is 2.40. The van der Waals surface area contributed by atoms with Gasteiger partial charge in [0.1, 0.15) is 5.82 Å². The lowest BCUT2D eigenvalue weighted by molar-refractivity contribution is -0.138. The van der Waals surface area contributed by atoms with E-state index >= 15 is 0 Å². The first-order chi connectivity index (χ1) is 12.4. The molecule has 1 aliphatic rings. The van der Waals surface area contributed by atoms with Gasteiger partial charge < -0.3 is 15.5 Å². The lowest BCUT2D eigenvalue weighted by Crippen LogP contribution is -2.63. The molecule has 1 saturated heterocycles. The van der Waals surface area contributed by atoms with Crippen LogP contribution in [0, 0.1) is 5.82 Å². The zero-order valence-electron chi connectivity index (χ0n) is 15.4. The van der Waals surface area contributed by atoms with Crippen LogP contribution < -0.4 is 5.73 Å². The number of carbonyl (C=O) groups is 2. The van der Waals surface area contributed by atoms with Crippen molar-refractivity contribution in [3.8, 4) is 0 Å². The normalized spacial score (nSPS) is 18.4. The Balaban J connectivity index is 2.22. The zero-order chi connectivity index (χ0) is 20.6. The molecule has 2 N–H and O–H groups in total. The number of hydrogen-bond donors (Lipinski definition) is 1. The second-order valence-corrected chi connectivity index (χ2v) is 7.24. The van der Waals surface area contributed by atoms with Crippen molar-refractivity contribution in [2.24, 2.45) is 5.73 Å². The third-order valence-electron chi connectivity index (χ3n) is 4.74. The first-order valence-electron chi connectivity index (χ1n) is 8.61. The van der Waals surface area contributed by atoms with Crippen molar-refractivity contribution in [2.75, 3.05) is 19.6 Å². The van der Waals surface area contributed by atoms with Gasteiger partial charge in [0, 0.05) is 19.6 Å². The molecule has 150 valence electrons. The fourth-order valence-electron chi connectivity index (χ4n) is 3.14. The molecule has 1 atom stereocenters. The summed E-state index contributed by atoms with van der Waals surface area (Å²) in [6.07, 6.45) is -4.21. The topological polar surface area (TPSA) is 66.6 Å². The highest BCUT2D eigenvalue weighted by Crippen LogP contribution is 2.31. The van der Waals surface area contributed by atoms with Gasteiger partial charge in [-0.1, -0.05) is 6.92 Å². The lowest BCUT2D eigenvalue weighted by atomic mass is 9.96. The van der Waals surface area contributed by atoms with Gasteiger partial charge >= 0.3 is 6.18 Å². The van der Waals surface area contributed by atoms with Crippen molar-refractivity contribution in [3.05, 3.63) is 35.1 Å². The van der Waals surface area contributed by atoms with E-state index in [0.29, 0.717) is 18.6 Å². The van der Waals surface area contributed by atoms with Crippen molar-refractivity contribution >= 4 is 11.8 Å². The van der Waals surface area contributed by atoms with Gasteiger partial charge in [0.2, 0.25) is 5.91 Å². The van der Waals surface area contributed by atoms with Gasteiger partial charge in [-0.2, -0.15) is 13.2 Å². The molecule has 0 bridgehead atoms. The third-order valence-corrected chi connectivity index (χ3v) is 4.74. The van der Waals surface area contributed by atoms with Crippen LogP contribution in [0.15, 0.2) is 18.2 Å². The first kappa shape index (κ1) is 21.1. The van der Waals surface area contributed by atoms with Crippen LogP contribution in [0.2, 0.25) is 0 Å². The molecule has 9 heteroatoms. The number of amides is 2. The van der Waals surface area contributed by atoms with Crippen LogP contribution in [0.3, 0.4) is 0 Å². The van der Waals surface area contributed by atoms with E-state index in [2.05, 4.69) is 0 Å². The molecule has 1 fully saturated rings. The number of piperazine rings is 1. The highest BCUT2D eigenvalue weighted by molar-refractivity contribution is 5.95. The van der Waals surface area contributed by atoms with Gasteiger partial charge in [0.25, 0.3) is 5.91 Å². The van der Waals surface area contributed by atoms with Crippen LogP contribution in [0.5, 0.6) is 0 Å². The van der Waals surface area contributed by atoms with E-state index in [1.54, 1.807) is 25.7 Å². The van der Waals surface area contributed by atoms with Crippen LogP contribution >= 0.6 is 0 Å². The van der Waals surface area contributed by atoms with Crippen LogP contribution in [-0.4, -0.2) is 52.8 Å². The molecule has 2 rings (SSSR count). The number of carbonyl (C=O) groups excluding carboxylic acids is 2. The molecule has 1 heterocycles. The summed E-state index contributed by atoms with van der Waals surface area (Å²) in [5, 5.41) is 0. The van der Waals surface area contributed by atoms with E-state index < -0.39 is 40.6 Å². The lowest BCUT2D eigenvalue weighted by Gasteiger charge is -2.47. The molecule has 0 saturated carbocycles. The molecule has 1 aromatic carbocycles. The maximum Gasteiger partial charge on any atom is 0.416 e. The minimum atomic E-state index is -4.69. The molecule has 0 aliphatic carbocycles. The molecule has 1 aliphatic heterocycles. The number of nitrogens with zero attached hydrogens (tertiary/aromatic N) is 2. The number of hydrogen-bond acceptors (Lipinski definition) is 3. The van der Waals surface area contributed by atoms with Crippen molar-refractivity contribution in [3.63, 3.8) is 0 Å². The van der Waals surface area contributed by atoms with E-state index in [1.165, 1.54) is 4.90 Å². The Bertz CT molecular complexity index is 734. The summed E-state index contributed by atoms with van der Waals surface area (Å²) in [6.45, 7) is 5.78. The molecule has 0 aromatic heterocycles. The SMILES string of the molecule is CC[C@H](N)C(=O)N1CCN(C(=O)c2ccc(C(F)(F)F)cc2F)C(C)(C)C1. The molecular weight excluding hydrogens is 366 g/mol. The highest BCUT2D eigenvalue weighted by atomic mass is 19.4. The quantitative estimate of drug-likeness (QED) is 0.809. The summed E-state index contributed by atoms with van der Waals surface area (Å²) in [4.78, 5) is 28.0. The maximum atomic E-state index is 14.2. The maximum absolute atomic E-state index is 14.2. The molecule has 5 nitrogen and oxygen atoms in total. The molecule has 1 aromatic rings. The monoisotopic (exact) mass is 389 g/mol. The summed E-state index contributed by atoms with van der Waals surface area (Å²) in [7, 11) is 0. The molecular formula is C18H23F4N3O2. The summed E-state index contributed by atoms with van der Waals surface area (Å²) in [6, 6.07) is 1.22. The number of nitrogens with two attached hydrogens (primary N) is 1. The second-order valence-electron chi connectivity index (χ2n) is 7.24. The fourth-order valence-corrected chi connectivity index (χ4v) is 3.14. The van der Waals surface area contributed by atoms with Crippen molar-refractivity contribution in [1.29, 1.82) is 0 Å². The Hall–Kier alpha value is -2.16. The number of halogens is 4. The van der Waals surface area contributed by atoms with E-state index in [4.69, 9.17) is 5.73 Å². The Morgan fingerprint density at radius 2 is 1.89 bits per heavy atom. The van der Waals surface area contributed by atoms with Crippen LogP contribution in [0.1, 0.15) is 43.1 Å². The zero-order valence-corrected chi connectivity index (χ0v) is 15.4. The molecule has 2 amide bonds. The van der Waals surface area contributed by atoms with Gasteiger partial charge in [-0.25, -0.2) is 4.39 Å². The third kappa shape index (κ3) is 4.40. The average Bonchev–Trinajstić information content (AvgIpc) is 2.58. The predicted octanol–water partition coefficient (Wildman–Crippen LogP) is 2.64. The predicted molar refractivity (Wildman–Crippen MR) is 91.4 cm³/mol. The largest absolute Gasteiger partial charge is 0.416 e. The number of rotatable bonds is 3. The van der Waals surface area contributed by atoms with E-state index in [1.807, 2.05) is 0 Å². The van der Waals surface area contributed by atoms with E-state index in [-0.39, 0.29) is 25.5 Å². The van der Waals surface area contributed by atoms with Crippen molar-refractivity contribution in [1.82, 2.24) is 9.80 Å². The summed E-state index contributed by atoms with van der Waals surface area (Å²) >= 11 is 0. The van der Waals surface area contributed by atoms with Crippen LogP contribution in [0.25, 0.3) is 0 Å². The van der Waals surface area contributed by atoms with Crippen molar-refractivity contribution < 1.29 is 27.2 Å². The Kier molecular flexibility index (Phi) is 5.84. The summed E-state index contributed by atoms with van der Waals surface area (Å²) in [5.74, 6) is -2.16. The first-order valence-corrected chi connectivity index (χ1v) is 8.61. The minimum absolute atomic E-state index is 0.133. The Morgan fingerprint density at radius 1 is 1.26 bits per heavy atom. The minimum Gasteiger partial charge on any atom is -0.337 e. The molecule has 0 spiro atoms. The van der Waals surface area contributed by atoms with Gasteiger partial charge in [-0.15, -0.1) is 0 Å². The second kappa shape index (κ2) is 7.46. The standard InChI is InChI=1S/C18H23F4N3O2/c1-4-14(23)16(27)24-7-8-25(17(2,3)10-24)15(26)12-6-5-11(9-13(12)19)18(20,21)22/h5-6,9,14H,4,7-8,10,23H2,1-3H3/t14-/m0/s1. The van der Waals surface area contributed by atoms with E-state index in [0.717, 1.165) is 6.07 Å². The van der Waals surface area contributed by atoms with E-state index in [9.17, 15) is 27.2 Å².